The molecule has 0 aromatic heterocycles. The SMILES string of the molecule is CCCCOC(=O)CC(C(=O)OCCCC)N(C)C(=O)CCc1cc(C(C)(C)C)c(O)c(C(C)(C)C)c1. The second kappa shape index (κ2) is 14.4. The lowest BCUT2D eigenvalue weighted by Gasteiger charge is -2.29. The highest BCUT2D eigenvalue weighted by atomic mass is 16.5. The highest BCUT2D eigenvalue weighted by Gasteiger charge is 2.32. The Morgan fingerprint density at radius 3 is 1.84 bits per heavy atom. The number of benzene rings is 1. The maximum Gasteiger partial charge on any atom is 0.329 e. The van der Waals surface area contributed by atoms with Crippen molar-refractivity contribution in [1.82, 2.24) is 4.90 Å². The number of likely N-dealkylation sites (N-methyl/N-ethyl adjacent to an activating group) is 1. The Balaban J connectivity index is 3.09. The summed E-state index contributed by atoms with van der Waals surface area (Å²) in [6.07, 6.45) is 3.56. The third-order valence-corrected chi connectivity index (χ3v) is 6.41. The predicted octanol–water partition coefficient (Wildman–Crippen LogP) is 5.82. The summed E-state index contributed by atoms with van der Waals surface area (Å²) < 4.78 is 10.6. The molecule has 7 heteroatoms. The molecule has 1 rings (SSSR count). The van der Waals surface area contributed by atoms with Gasteiger partial charge in [-0.2, -0.15) is 0 Å². The Morgan fingerprint density at radius 2 is 1.38 bits per heavy atom. The van der Waals surface area contributed by atoms with Gasteiger partial charge in [-0.05, 0) is 46.8 Å². The summed E-state index contributed by atoms with van der Waals surface area (Å²) >= 11 is 0. The Kier molecular flexibility index (Phi) is 12.6. The maximum atomic E-state index is 13.2. The zero-order valence-electron chi connectivity index (χ0n) is 24.5. The van der Waals surface area contributed by atoms with Crippen molar-refractivity contribution in [2.24, 2.45) is 0 Å². The lowest BCUT2D eigenvalue weighted by atomic mass is 9.78. The first-order valence-corrected chi connectivity index (χ1v) is 13.6. The quantitative estimate of drug-likeness (QED) is 0.261. The number of unbranched alkanes of at least 4 members (excludes halogenated alkanes) is 2. The molecule has 7 nitrogen and oxygen atoms in total. The number of carbonyl (C=O) groups is 3. The molecule has 0 radical (unpaired) electrons. The molecule has 0 saturated heterocycles. The fraction of sp³-hybridized carbons (Fsp3) is 0.700. The number of esters is 2. The monoisotopic (exact) mass is 519 g/mol. The molecule has 1 amide bonds. The summed E-state index contributed by atoms with van der Waals surface area (Å²) in [5.74, 6) is -1.08. The molecule has 210 valence electrons. The van der Waals surface area contributed by atoms with Gasteiger partial charge in [0.1, 0.15) is 11.8 Å². The van der Waals surface area contributed by atoms with Crippen molar-refractivity contribution in [2.45, 2.75) is 117 Å². The van der Waals surface area contributed by atoms with Crippen LogP contribution in [0.4, 0.5) is 0 Å². The first-order chi connectivity index (χ1) is 17.1. The minimum Gasteiger partial charge on any atom is -0.507 e. The van der Waals surface area contributed by atoms with Gasteiger partial charge >= 0.3 is 11.9 Å². The fourth-order valence-corrected chi connectivity index (χ4v) is 3.92. The molecule has 0 aliphatic rings. The molecule has 0 heterocycles. The van der Waals surface area contributed by atoms with Crippen LogP contribution in [0.3, 0.4) is 0 Å². The molecule has 0 bridgehead atoms. The number of aromatic hydroxyl groups is 1. The smallest absolute Gasteiger partial charge is 0.329 e. The Labute approximate surface area is 223 Å². The van der Waals surface area contributed by atoms with Crippen LogP contribution in [-0.2, 0) is 41.1 Å². The van der Waals surface area contributed by atoms with Crippen molar-refractivity contribution in [1.29, 1.82) is 0 Å². The van der Waals surface area contributed by atoms with E-state index in [1.807, 2.05) is 67.5 Å². The van der Waals surface area contributed by atoms with Crippen molar-refractivity contribution < 1.29 is 29.0 Å². The molecule has 1 unspecified atom stereocenters. The number of rotatable bonds is 13. The van der Waals surface area contributed by atoms with Crippen LogP contribution >= 0.6 is 0 Å². The van der Waals surface area contributed by atoms with Crippen molar-refractivity contribution in [3.63, 3.8) is 0 Å². The number of amides is 1. The van der Waals surface area contributed by atoms with Crippen LogP contribution in [0, 0.1) is 0 Å². The third-order valence-electron chi connectivity index (χ3n) is 6.41. The van der Waals surface area contributed by atoms with Crippen molar-refractivity contribution in [3.8, 4) is 5.75 Å². The molecular weight excluding hydrogens is 470 g/mol. The predicted molar refractivity (Wildman–Crippen MR) is 147 cm³/mol. The van der Waals surface area contributed by atoms with E-state index in [2.05, 4.69) is 0 Å². The summed E-state index contributed by atoms with van der Waals surface area (Å²) in [5, 5.41) is 11.0. The molecular formula is C30H49NO6. The number of nitrogens with zero attached hydrogens (tertiary/aromatic N) is 1. The summed E-state index contributed by atoms with van der Waals surface area (Å²) in [6, 6.07) is 2.88. The van der Waals surface area contributed by atoms with E-state index in [1.54, 1.807) is 0 Å². The van der Waals surface area contributed by atoms with Crippen LogP contribution in [-0.4, -0.2) is 54.2 Å². The number of phenolic OH excluding ortho intramolecular Hbond substituents is 1. The molecule has 0 aliphatic carbocycles. The van der Waals surface area contributed by atoms with E-state index < -0.39 is 18.0 Å². The fourth-order valence-electron chi connectivity index (χ4n) is 3.92. The second-order valence-corrected chi connectivity index (χ2v) is 11.9. The van der Waals surface area contributed by atoms with E-state index in [4.69, 9.17) is 9.47 Å². The highest BCUT2D eigenvalue weighted by Crippen LogP contribution is 2.40. The van der Waals surface area contributed by atoms with Gasteiger partial charge in [-0.1, -0.05) is 80.4 Å². The van der Waals surface area contributed by atoms with Gasteiger partial charge in [0.25, 0.3) is 0 Å². The molecule has 37 heavy (non-hydrogen) atoms. The standard InChI is InChI=1S/C30H49NO6/c1-10-12-16-36-26(33)20-24(28(35)37-17-13-11-2)31(9)25(32)15-14-21-18-22(29(3,4)5)27(34)23(19-21)30(6,7)8/h18-19,24,34H,10-17,20H2,1-9H3. The molecule has 0 aliphatic heterocycles. The summed E-state index contributed by atoms with van der Waals surface area (Å²) in [7, 11) is 1.53. The van der Waals surface area contributed by atoms with E-state index in [0.29, 0.717) is 18.6 Å². The third kappa shape index (κ3) is 10.4. The zero-order chi connectivity index (χ0) is 28.4. The lowest BCUT2D eigenvalue weighted by molar-refractivity contribution is -0.159. The number of phenols is 1. The minimum absolute atomic E-state index is 0.151. The number of ether oxygens (including phenoxy) is 2. The van der Waals surface area contributed by atoms with Gasteiger partial charge < -0.3 is 19.5 Å². The normalized spacial score (nSPS) is 12.7. The Hall–Kier alpha value is -2.57. The van der Waals surface area contributed by atoms with Gasteiger partial charge in [-0.15, -0.1) is 0 Å². The summed E-state index contributed by atoms with van der Waals surface area (Å²) in [6.45, 7) is 16.8. The van der Waals surface area contributed by atoms with E-state index in [1.165, 1.54) is 11.9 Å². The average molecular weight is 520 g/mol. The van der Waals surface area contributed by atoms with Crippen molar-refractivity contribution in [3.05, 3.63) is 28.8 Å². The highest BCUT2D eigenvalue weighted by molar-refractivity contribution is 5.88. The molecule has 0 spiro atoms. The molecule has 1 N–H and O–H groups in total. The maximum absolute atomic E-state index is 13.2. The lowest BCUT2D eigenvalue weighted by Crippen LogP contribution is -2.45. The average Bonchev–Trinajstić information content (AvgIpc) is 2.79. The van der Waals surface area contributed by atoms with Gasteiger partial charge in [0.05, 0.1) is 19.6 Å². The first-order valence-electron chi connectivity index (χ1n) is 13.6. The summed E-state index contributed by atoms with van der Waals surface area (Å²) in [5.41, 5.74) is 2.07. The minimum atomic E-state index is -1.03. The number of hydrogen-bond donors (Lipinski definition) is 1. The van der Waals surface area contributed by atoms with Crippen LogP contribution in [0.25, 0.3) is 0 Å². The number of aryl methyl sites for hydroxylation is 1. The van der Waals surface area contributed by atoms with E-state index in [0.717, 1.165) is 36.0 Å². The number of hydrogen-bond acceptors (Lipinski definition) is 6. The van der Waals surface area contributed by atoms with Crippen LogP contribution in [0.15, 0.2) is 12.1 Å². The van der Waals surface area contributed by atoms with Crippen molar-refractivity contribution in [2.75, 3.05) is 20.3 Å². The van der Waals surface area contributed by atoms with Gasteiger partial charge in [0.2, 0.25) is 5.91 Å². The molecule has 0 saturated carbocycles. The Morgan fingerprint density at radius 1 is 0.892 bits per heavy atom. The van der Waals surface area contributed by atoms with Crippen LogP contribution in [0.5, 0.6) is 5.75 Å². The zero-order valence-corrected chi connectivity index (χ0v) is 24.5. The van der Waals surface area contributed by atoms with E-state index >= 15 is 0 Å². The van der Waals surface area contributed by atoms with Crippen LogP contribution in [0.2, 0.25) is 0 Å². The largest absolute Gasteiger partial charge is 0.507 e. The van der Waals surface area contributed by atoms with E-state index in [-0.39, 0.29) is 42.8 Å². The number of carbonyl (C=O) groups excluding carboxylic acids is 3. The van der Waals surface area contributed by atoms with Gasteiger partial charge in [-0.3, -0.25) is 9.59 Å². The second-order valence-electron chi connectivity index (χ2n) is 11.9. The summed E-state index contributed by atoms with van der Waals surface area (Å²) in [4.78, 5) is 39.7. The van der Waals surface area contributed by atoms with Gasteiger partial charge in [0, 0.05) is 13.5 Å². The van der Waals surface area contributed by atoms with E-state index in [9.17, 15) is 19.5 Å². The molecule has 0 fully saturated rings. The van der Waals surface area contributed by atoms with Gasteiger partial charge in [0.15, 0.2) is 0 Å². The van der Waals surface area contributed by atoms with Crippen LogP contribution < -0.4 is 0 Å². The van der Waals surface area contributed by atoms with Crippen LogP contribution in [0.1, 0.15) is 111 Å². The van der Waals surface area contributed by atoms with Crippen molar-refractivity contribution >= 4 is 17.8 Å². The first kappa shape index (κ1) is 32.5. The topological polar surface area (TPSA) is 93.1 Å². The molecule has 1 atom stereocenters. The Bertz CT molecular complexity index is 875. The molecule has 1 aromatic carbocycles. The molecule has 1 aromatic rings. The van der Waals surface area contributed by atoms with Gasteiger partial charge in [-0.25, -0.2) is 4.79 Å².